The molecule has 0 radical (unpaired) electrons. The van der Waals surface area contributed by atoms with Crippen LogP contribution < -0.4 is 5.32 Å². The Labute approximate surface area is 159 Å². The van der Waals surface area contributed by atoms with Crippen LogP contribution >= 0.6 is 0 Å². The van der Waals surface area contributed by atoms with Gasteiger partial charge in [-0.3, -0.25) is 10.1 Å². The first-order valence-corrected chi connectivity index (χ1v) is 9.01. The number of anilines is 1. The molecular weight excluding hydrogens is 362 g/mol. The lowest BCUT2D eigenvalue weighted by Crippen LogP contribution is -2.43. The van der Waals surface area contributed by atoms with Crippen molar-refractivity contribution in [3.63, 3.8) is 0 Å². The number of halogens is 2. The highest BCUT2D eigenvalue weighted by Crippen LogP contribution is 2.43. The number of hydrogen-bond acceptors (Lipinski definition) is 5. The van der Waals surface area contributed by atoms with E-state index in [2.05, 4.69) is 30.7 Å². The fourth-order valence-corrected chi connectivity index (χ4v) is 3.64. The van der Waals surface area contributed by atoms with Crippen LogP contribution in [0, 0.1) is 11.6 Å². The van der Waals surface area contributed by atoms with E-state index in [1.807, 2.05) is 0 Å². The summed E-state index contributed by atoms with van der Waals surface area (Å²) in [4.78, 5) is 4.23. The Morgan fingerprint density at radius 1 is 1.04 bits per heavy atom. The molecule has 6 nitrogen and oxygen atoms in total. The molecule has 0 amide bonds. The second-order valence-corrected chi connectivity index (χ2v) is 6.99. The molecule has 28 heavy (non-hydrogen) atoms. The lowest BCUT2D eigenvalue weighted by Gasteiger charge is -2.42. The summed E-state index contributed by atoms with van der Waals surface area (Å²) < 4.78 is 28.7. The first kappa shape index (κ1) is 16.7. The van der Waals surface area contributed by atoms with Crippen molar-refractivity contribution in [1.29, 1.82) is 0 Å². The Hall–Kier alpha value is -3.42. The molecule has 1 saturated carbocycles. The van der Waals surface area contributed by atoms with E-state index in [-0.39, 0.29) is 5.82 Å². The SMILES string of the molecule is Fc1cc2[nH]ncc2cc1-c1ccc(NC2(c3ncccc3F)CCC2)nn1. The number of benzene rings is 1. The summed E-state index contributed by atoms with van der Waals surface area (Å²) in [6.07, 6.45) is 5.71. The summed E-state index contributed by atoms with van der Waals surface area (Å²) in [5.41, 5.74) is 1.20. The van der Waals surface area contributed by atoms with Gasteiger partial charge in [0.2, 0.25) is 0 Å². The van der Waals surface area contributed by atoms with Crippen molar-refractivity contribution in [2.75, 3.05) is 5.32 Å². The third-order valence-corrected chi connectivity index (χ3v) is 5.25. The molecule has 0 atom stereocenters. The summed E-state index contributed by atoms with van der Waals surface area (Å²) in [5.74, 6) is -0.245. The van der Waals surface area contributed by atoms with Gasteiger partial charge in [0.15, 0.2) is 0 Å². The third kappa shape index (κ3) is 2.69. The quantitative estimate of drug-likeness (QED) is 0.557. The van der Waals surface area contributed by atoms with Crippen molar-refractivity contribution in [1.82, 2.24) is 25.4 Å². The van der Waals surface area contributed by atoms with E-state index in [4.69, 9.17) is 0 Å². The van der Waals surface area contributed by atoms with E-state index in [1.165, 1.54) is 12.1 Å². The minimum absolute atomic E-state index is 0.338. The molecule has 3 aromatic heterocycles. The van der Waals surface area contributed by atoms with Crippen LogP contribution in [0.2, 0.25) is 0 Å². The Kier molecular flexibility index (Phi) is 3.78. The van der Waals surface area contributed by atoms with E-state index in [0.29, 0.717) is 28.3 Å². The van der Waals surface area contributed by atoms with Gasteiger partial charge in [0.25, 0.3) is 0 Å². The molecular formula is C20H16F2N6. The van der Waals surface area contributed by atoms with Gasteiger partial charge in [0, 0.05) is 23.2 Å². The van der Waals surface area contributed by atoms with Gasteiger partial charge in [-0.15, -0.1) is 10.2 Å². The Morgan fingerprint density at radius 3 is 2.64 bits per heavy atom. The zero-order valence-corrected chi connectivity index (χ0v) is 14.8. The number of fused-ring (bicyclic) bond motifs is 1. The van der Waals surface area contributed by atoms with Crippen LogP contribution in [-0.4, -0.2) is 25.4 Å². The van der Waals surface area contributed by atoms with E-state index in [9.17, 15) is 8.78 Å². The number of aromatic amines is 1. The molecule has 2 N–H and O–H groups in total. The van der Waals surface area contributed by atoms with Crippen molar-refractivity contribution in [2.24, 2.45) is 0 Å². The van der Waals surface area contributed by atoms with Crippen LogP contribution in [0.1, 0.15) is 25.0 Å². The van der Waals surface area contributed by atoms with E-state index in [1.54, 1.807) is 36.7 Å². The zero-order valence-electron chi connectivity index (χ0n) is 14.8. The maximum absolute atomic E-state index is 14.4. The number of aromatic nitrogens is 5. The van der Waals surface area contributed by atoms with Gasteiger partial charge in [0.05, 0.1) is 22.9 Å². The molecule has 1 aromatic carbocycles. The van der Waals surface area contributed by atoms with Crippen molar-refractivity contribution in [3.05, 3.63) is 66.1 Å². The number of nitrogens with one attached hydrogen (secondary N) is 2. The average molecular weight is 378 g/mol. The monoisotopic (exact) mass is 378 g/mol. The number of pyridine rings is 1. The first-order chi connectivity index (χ1) is 13.6. The molecule has 140 valence electrons. The maximum Gasteiger partial charge on any atom is 0.149 e. The number of nitrogens with zero attached hydrogens (tertiary/aromatic N) is 4. The predicted molar refractivity (Wildman–Crippen MR) is 100 cm³/mol. The minimum atomic E-state index is -0.581. The molecule has 0 aliphatic heterocycles. The molecule has 1 aliphatic carbocycles. The molecule has 1 fully saturated rings. The number of hydrogen-bond donors (Lipinski definition) is 2. The Morgan fingerprint density at radius 2 is 1.93 bits per heavy atom. The standard InChI is InChI=1S/C20H16F2N6/c21-14-3-1-8-23-19(14)20(6-2-7-20)25-18-5-4-16(27-28-18)13-9-12-11-24-26-17(12)10-15(13)22/h1,3-5,8-11H,2,6-7H2,(H,24,26)(H,25,28). The van der Waals surface area contributed by atoms with Crippen LogP contribution in [0.4, 0.5) is 14.6 Å². The van der Waals surface area contributed by atoms with Crippen molar-refractivity contribution in [3.8, 4) is 11.3 Å². The van der Waals surface area contributed by atoms with Crippen LogP contribution in [0.15, 0.2) is 48.8 Å². The van der Waals surface area contributed by atoms with Crippen LogP contribution in [-0.2, 0) is 5.54 Å². The molecule has 3 heterocycles. The van der Waals surface area contributed by atoms with Crippen molar-refractivity contribution in [2.45, 2.75) is 24.8 Å². The number of rotatable bonds is 4. The average Bonchev–Trinajstić information content (AvgIpc) is 3.12. The van der Waals surface area contributed by atoms with E-state index < -0.39 is 11.4 Å². The van der Waals surface area contributed by atoms with Crippen LogP contribution in [0.25, 0.3) is 22.2 Å². The topological polar surface area (TPSA) is 79.4 Å². The van der Waals surface area contributed by atoms with Gasteiger partial charge >= 0.3 is 0 Å². The summed E-state index contributed by atoms with van der Waals surface area (Å²) in [7, 11) is 0. The number of H-pyrrole nitrogens is 1. The Balaban J connectivity index is 1.45. The summed E-state index contributed by atoms with van der Waals surface area (Å²) in [6, 6.07) is 9.47. The summed E-state index contributed by atoms with van der Waals surface area (Å²) in [6.45, 7) is 0. The minimum Gasteiger partial charge on any atom is -0.357 e. The molecule has 0 spiro atoms. The van der Waals surface area contributed by atoms with Gasteiger partial charge in [-0.2, -0.15) is 5.10 Å². The van der Waals surface area contributed by atoms with Gasteiger partial charge in [-0.25, -0.2) is 8.78 Å². The smallest absolute Gasteiger partial charge is 0.149 e. The fourth-order valence-electron chi connectivity index (χ4n) is 3.64. The highest BCUT2D eigenvalue weighted by atomic mass is 19.1. The fraction of sp³-hybridized carbons (Fsp3) is 0.200. The second-order valence-electron chi connectivity index (χ2n) is 6.99. The lowest BCUT2D eigenvalue weighted by molar-refractivity contribution is 0.265. The van der Waals surface area contributed by atoms with Gasteiger partial charge in [0.1, 0.15) is 23.1 Å². The third-order valence-electron chi connectivity index (χ3n) is 5.25. The van der Waals surface area contributed by atoms with Crippen molar-refractivity contribution >= 4 is 16.7 Å². The summed E-state index contributed by atoms with van der Waals surface area (Å²) >= 11 is 0. The maximum atomic E-state index is 14.4. The van der Waals surface area contributed by atoms with E-state index in [0.717, 1.165) is 24.6 Å². The molecule has 1 aliphatic rings. The van der Waals surface area contributed by atoms with Crippen LogP contribution in [0.3, 0.4) is 0 Å². The lowest BCUT2D eigenvalue weighted by atomic mass is 9.74. The van der Waals surface area contributed by atoms with Gasteiger partial charge in [-0.1, -0.05) is 0 Å². The largest absolute Gasteiger partial charge is 0.357 e. The summed E-state index contributed by atoms with van der Waals surface area (Å²) in [5, 5.41) is 19.1. The van der Waals surface area contributed by atoms with Gasteiger partial charge < -0.3 is 5.32 Å². The normalized spacial score (nSPS) is 15.4. The van der Waals surface area contributed by atoms with E-state index >= 15 is 0 Å². The highest BCUT2D eigenvalue weighted by molar-refractivity contribution is 5.83. The predicted octanol–water partition coefficient (Wildman–Crippen LogP) is 4.18. The molecule has 4 aromatic rings. The molecule has 5 rings (SSSR count). The van der Waals surface area contributed by atoms with Gasteiger partial charge in [-0.05, 0) is 49.6 Å². The highest BCUT2D eigenvalue weighted by Gasteiger charge is 2.42. The zero-order chi connectivity index (χ0) is 19.1. The Bertz CT molecular complexity index is 1150. The molecule has 0 saturated heterocycles. The molecule has 0 bridgehead atoms. The van der Waals surface area contributed by atoms with Crippen LogP contribution in [0.5, 0.6) is 0 Å². The van der Waals surface area contributed by atoms with Crippen molar-refractivity contribution < 1.29 is 8.78 Å². The second kappa shape index (κ2) is 6.33. The molecule has 0 unspecified atom stereocenters. The first-order valence-electron chi connectivity index (χ1n) is 9.01. The molecule has 8 heteroatoms.